The Morgan fingerprint density at radius 1 is 1.00 bits per heavy atom. The number of esters is 1. The number of fused-ring (bicyclic) bond motifs is 3. The van der Waals surface area contributed by atoms with Crippen molar-refractivity contribution in [2.45, 2.75) is 12.8 Å². The molecule has 4 aromatic rings. The second kappa shape index (κ2) is 8.07. The van der Waals surface area contributed by atoms with Crippen LogP contribution in [0.2, 0.25) is 0 Å². The van der Waals surface area contributed by atoms with Crippen molar-refractivity contribution >= 4 is 39.3 Å². The summed E-state index contributed by atoms with van der Waals surface area (Å²) in [7, 11) is 0. The quantitative estimate of drug-likeness (QED) is 0.458. The first-order valence-electron chi connectivity index (χ1n) is 10.2. The second-order valence-corrected chi connectivity index (χ2v) is 7.44. The van der Waals surface area contributed by atoms with Crippen molar-refractivity contribution in [1.29, 1.82) is 0 Å². The molecule has 0 saturated heterocycles. The maximum atomic E-state index is 12.4. The fourth-order valence-corrected chi connectivity index (χ4v) is 3.90. The van der Waals surface area contributed by atoms with Gasteiger partial charge in [0.25, 0.3) is 5.91 Å². The predicted octanol–water partition coefficient (Wildman–Crippen LogP) is 4.31. The SMILES string of the molecule is O=C(Cc1coc2ccc3ccccc3c12)OCC(=O)N1CCC(c2ccccc2)=N1. The lowest BCUT2D eigenvalue weighted by atomic mass is 10.0. The number of rotatable bonds is 5. The van der Waals surface area contributed by atoms with Crippen LogP contribution in [0, 0.1) is 0 Å². The van der Waals surface area contributed by atoms with Gasteiger partial charge in [-0.25, -0.2) is 5.01 Å². The molecular weight excluding hydrogens is 392 g/mol. The highest BCUT2D eigenvalue weighted by Gasteiger charge is 2.23. The van der Waals surface area contributed by atoms with Gasteiger partial charge in [-0.3, -0.25) is 9.59 Å². The van der Waals surface area contributed by atoms with Crippen LogP contribution in [0.1, 0.15) is 17.5 Å². The number of furan rings is 1. The molecule has 1 aromatic heterocycles. The molecule has 6 nitrogen and oxygen atoms in total. The Morgan fingerprint density at radius 2 is 1.81 bits per heavy atom. The molecule has 31 heavy (non-hydrogen) atoms. The Kier molecular flexibility index (Phi) is 4.96. The summed E-state index contributed by atoms with van der Waals surface area (Å²) in [6.45, 7) is 0.153. The van der Waals surface area contributed by atoms with Crippen molar-refractivity contribution in [2.24, 2.45) is 5.10 Å². The summed E-state index contributed by atoms with van der Waals surface area (Å²) in [5.74, 6) is -0.808. The number of amides is 1. The van der Waals surface area contributed by atoms with Crippen LogP contribution in [0.15, 0.2) is 82.5 Å². The number of hydrogen-bond acceptors (Lipinski definition) is 5. The fourth-order valence-electron chi connectivity index (χ4n) is 3.90. The maximum absolute atomic E-state index is 12.4. The van der Waals surface area contributed by atoms with Gasteiger partial charge >= 0.3 is 5.97 Å². The molecular formula is C25H20N2O4. The van der Waals surface area contributed by atoms with Gasteiger partial charge in [0.05, 0.1) is 24.9 Å². The van der Waals surface area contributed by atoms with Crippen molar-refractivity contribution in [3.05, 3.63) is 84.1 Å². The summed E-state index contributed by atoms with van der Waals surface area (Å²) in [5, 5.41) is 8.75. The first kappa shape index (κ1) is 19.1. The predicted molar refractivity (Wildman–Crippen MR) is 118 cm³/mol. The van der Waals surface area contributed by atoms with E-state index in [2.05, 4.69) is 5.10 Å². The maximum Gasteiger partial charge on any atom is 0.310 e. The van der Waals surface area contributed by atoms with Crippen LogP contribution in [0.3, 0.4) is 0 Å². The van der Waals surface area contributed by atoms with Crippen LogP contribution >= 0.6 is 0 Å². The summed E-state index contributed by atoms with van der Waals surface area (Å²) in [4.78, 5) is 24.9. The molecule has 154 valence electrons. The minimum absolute atomic E-state index is 0.0345. The largest absolute Gasteiger partial charge is 0.464 e. The summed E-state index contributed by atoms with van der Waals surface area (Å²) >= 11 is 0. The number of carbonyl (C=O) groups excluding carboxylic acids is 2. The zero-order valence-corrected chi connectivity index (χ0v) is 16.8. The molecule has 3 aromatic carbocycles. The summed E-state index contributed by atoms with van der Waals surface area (Å²) in [6.07, 6.45) is 2.29. The monoisotopic (exact) mass is 412 g/mol. The topological polar surface area (TPSA) is 72.1 Å². The first-order chi connectivity index (χ1) is 15.2. The molecule has 1 aliphatic rings. The van der Waals surface area contributed by atoms with Gasteiger partial charge in [-0.1, -0.05) is 60.7 Å². The highest BCUT2D eigenvalue weighted by Crippen LogP contribution is 2.30. The Labute approximate surface area is 178 Å². The van der Waals surface area contributed by atoms with E-state index in [1.165, 1.54) is 5.01 Å². The van der Waals surface area contributed by atoms with Gasteiger partial charge in [-0.15, -0.1) is 0 Å². The summed E-state index contributed by atoms with van der Waals surface area (Å²) in [5.41, 5.74) is 3.32. The lowest BCUT2D eigenvalue weighted by Gasteiger charge is -2.11. The first-order valence-corrected chi connectivity index (χ1v) is 10.2. The third-order valence-electron chi connectivity index (χ3n) is 5.43. The molecule has 0 unspecified atom stereocenters. The Hall–Kier alpha value is -3.93. The molecule has 2 heterocycles. The third kappa shape index (κ3) is 3.80. The molecule has 0 aliphatic carbocycles. The average molecular weight is 412 g/mol. The van der Waals surface area contributed by atoms with Gasteiger partial charge < -0.3 is 9.15 Å². The third-order valence-corrected chi connectivity index (χ3v) is 5.43. The van der Waals surface area contributed by atoms with E-state index in [0.717, 1.165) is 38.6 Å². The summed E-state index contributed by atoms with van der Waals surface area (Å²) < 4.78 is 10.9. The van der Waals surface area contributed by atoms with E-state index in [-0.39, 0.29) is 18.9 Å². The van der Waals surface area contributed by atoms with E-state index in [4.69, 9.17) is 9.15 Å². The highest BCUT2D eigenvalue weighted by molar-refractivity contribution is 6.08. The molecule has 0 N–H and O–H groups in total. The van der Waals surface area contributed by atoms with E-state index in [1.807, 2.05) is 66.7 Å². The standard InChI is InChI=1S/C25H20N2O4/c28-23(27-13-12-21(26-27)18-7-2-1-3-8-18)16-31-24(29)14-19-15-30-22-11-10-17-6-4-5-9-20(17)25(19)22/h1-11,15H,12-14,16H2. The number of ether oxygens (including phenoxy) is 1. The molecule has 0 atom stereocenters. The molecule has 5 rings (SSSR count). The van der Waals surface area contributed by atoms with Gasteiger partial charge in [0.2, 0.25) is 0 Å². The molecule has 0 saturated carbocycles. The van der Waals surface area contributed by atoms with Crippen molar-refractivity contribution < 1.29 is 18.7 Å². The second-order valence-electron chi connectivity index (χ2n) is 7.44. The van der Waals surface area contributed by atoms with Crippen LogP contribution in [0.4, 0.5) is 0 Å². The normalized spacial score (nSPS) is 13.5. The highest BCUT2D eigenvalue weighted by atomic mass is 16.5. The molecule has 0 bridgehead atoms. The van der Waals surface area contributed by atoms with Crippen LogP contribution in [-0.4, -0.2) is 35.7 Å². The van der Waals surface area contributed by atoms with Gasteiger partial charge in [-0.2, -0.15) is 5.10 Å². The molecule has 1 amide bonds. The van der Waals surface area contributed by atoms with Crippen LogP contribution in [-0.2, 0) is 20.7 Å². The Balaban J connectivity index is 1.24. The van der Waals surface area contributed by atoms with Crippen molar-refractivity contribution in [3.8, 4) is 0 Å². The van der Waals surface area contributed by atoms with Crippen molar-refractivity contribution in [2.75, 3.05) is 13.2 Å². The average Bonchev–Trinajstić information content (AvgIpc) is 3.46. The van der Waals surface area contributed by atoms with Crippen molar-refractivity contribution in [1.82, 2.24) is 5.01 Å². The number of carbonyl (C=O) groups is 2. The van der Waals surface area contributed by atoms with Crippen LogP contribution < -0.4 is 0 Å². The van der Waals surface area contributed by atoms with Crippen molar-refractivity contribution in [3.63, 3.8) is 0 Å². The summed E-state index contributed by atoms with van der Waals surface area (Å²) in [6, 6.07) is 21.6. The lowest BCUT2D eigenvalue weighted by Crippen LogP contribution is -2.29. The minimum Gasteiger partial charge on any atom is -0.464 e. The number of nitrogens with zero attached hydrogens (tertiary/aromatic N) is 2. The minimum atomic E-state index is -0.476. The van der Waals surface area contributed by atoms with E-state index in [0.29, 0.717) is 13.0 Å². The molecule has 0 fully saturated rings. The van der Waals surface area contributed by atoms with Gasteiger partial charge in [0.15, 0.2) is 6.61 Å². The van der Waals surface area contributed by atoms with E-state index >= 15 is 0 Å². The smallest absolute Gasteiger partial charge is 0.310 e. The molecule has 1 aliphatic heterocycles. The van der Waals surface area contributed by atoms with E-state index in [9.17, 15) is 9.59 Å². The molecule has 0 radical (unpaired) electrons. The number of hydrazone groups is 1. The van der Waals surface area contributed by atoms with Crippen LogP contribution in [0.25, 0.3) is 21.7 Å². The number of hydrogen-bond donors (Lipinski definition) is 0. The van der Waals surface area contributed by atoms with E-state index < -0.39 is 5.97 Å². The zero-order chi connectivity index (χ0) is 21.2. The molecule has 6 heteroatoms. The molecule has 0 spiro atoms. The number of benzene rings is 3. The fraction of sp³-hybridized carbons (Fsp3) is 0.160. The lowest BCUT2D eigenvalue weighted by molar-refractivity contribution is -0.151. The Morgan fingerprint density at radius 3 is 2.68 bits per heavy atom. The Bertz CT molecular complexity index is 1310. The van der Waals surface area contributed by atoms with Gasteiger partial charge in [0.1, 0.15) is 5.58 Å². The van der Waals surface area contributed by atoms with Crippen LogP contribution in [0.5, 0.6) is 0 Å². The van der Waals surface area contributed by atoms with Gasteiger partial charge in [-0.05, 0) is 22.4 Å². The van der Waals surface area contributed by atoms with E-state index in [1.54, 1.807) is 6.26 Å². The van der Waals surface area contributed by atoms with Gasteiger partial charge in [0, 0.05) is 17.4 Å². The zero-order valence-electron chi connectivity index (χ0n) is 16.8.